The van der Waals surface area contributed by atoms with Gasteiger partial charge in [0.2, 0.25) is 41.4 Å². The highest BCUT2D eigenvalue weighted by molar-refractivity contribution is 5.98. The highest BCUT2D eigenvalue weighted by Gasteiger charge is 2.40. The van der Waals surface area contributed by atoms with E-state index < -0.39 is 126 Å². The molecule has 0 spiro atoms. The smallest absolute Gasteiger partial charge is 0.322 e. The Bertz CT molecular complexity index is 2200. The van der Waals surface area contributed by atoms with Gasteiger partial charge in [-0.15, -0.1) is 0 Å². The van der Waals surface area contributed by atoms with Gasteiger partial charge >= 0.3 is 11.9 Å². The summed E-state index contributed by atoms with van der Waals surface area (Å²) in [5.41, 5.74) is 17.5. The minimum absolute atomic E-state index is 0.0550. The second kappa shape index (κ2) is 30.0. The Labute approximate surface area is 415 Å². The van der Waals surface area contributed by atoms with E-state index in [1.165, 1.54) is 41.7 Å². The van der Waals surface area contributed by atoms with Crippen LogP contribution in [0, 0.1) is 11.8 Å². The highest BCUT2D eigenvalue weighted by atomic mass is 16.4. The van der Waals surface area contributed by atoms with Crippen molar-refractivity contribution in [1.29, 1.82) is 0 Å². The molecule has 0 radical (unpaired) electrons. The van der Waals surface area contributed by atoms with Crippen LogP contribution in [0.25, 0.3) is 0 Å². The summed E-state index contributed by atoms with van der Waals surface area (Å²) in [5, 5.41) is 51.1. The first-order chi connectivity index (χ1) is 33.8. The predicted octanol–water partition coefficient (Wildman–Crippen LogP) is -2.84. The van der Waals surface area contributed by atoms with Crippen LogP contribution in [-0.4, -0.2) is 162 Å². The van der Waals surface area contributed by atoms with Crippen LogP contribution in [0.3, 0.4) is 0 Å². The number of carboxylic acids is 3. The number of carbonyl (C=O) groups is 10. The zero-order valence-electron chi connectivity index (χ0n) is 40.9. The molecule has 1 aliphatic heterocycles. The molecule has 72 heavy (non-hydrogen) atoms. The number of imidazole rings is 1. The second-order valence-electron chi connectivity index (χ2n) is 17.4. The molecule has 27 nitrogen and oxygen atoms in total. The van der Waals surface area contributed by atoms with Gasteiger partial charge in [-0.2, -0.15) is 0 Å². The molecule has 7 amide bonds. The molecule has 1 saturated heterocycles. The molecule has 1 aliphatic rings. The molecule has 17 N–H and O–H groups in total. The molecule has 3 rings (SSSR count). The number of nitrogens with one attached hydrogen (secondary N) is 7. The SMILES string of the molecule is CC(=O)O.CCC(C)C(NC(=O)C(Cc1ccc(O)cc1)NC(=O)C(NC(=O)C(CCCN=C(N)N)NC(=O)C(N)CC(=O)O)C(C)C)C(=O)NC(Cc1cnc[nH]1)C(=O)N1CCCC1C(=O)NCC(=O)O. The molecular weight excluding hydrogens is 947 g/mol. The maximum Gasteiger partial charge on any atom is 0.322 e. The molecule has 27 heteroatoms. The normalized spacial score (nSPS) is 15.8. The fourth-order valence-corrected chi connectivity index (χ4v) is 7.28. The summed E-state index contributed by atoms with van der Waals surface area (Å²) in [7, 11) is 0. The number of benzene rings is 1. The lowest BCUT2D eigenvalue weighted by Crippen LogP contribution is -2.62. The number of hydrogen-bond donors (Lipinski definition) is 14. The quantitative estimate of drug-likeness (QED) is 0.0244. The summed E-state index contributed by atoms with van der Waals surface area (Å²) < 4.78 is 0. The van der Waals surface area contributed by atoms with Crippen molar-refractivity contribution in [2.45, 2.75) is 128 Å². The minimum atomic E-state index is -1.50. The number of aliphatic imine (C=N–C) groups is 1. The van der Waals surface area contributed by atoms with Crippen LogP contribution in [0.4, 0.5) is 0 Å². The van der Waals surface area contributed by atoms with Crippen LogP contribution >= 0.6 is 0 Å². The van der Waals surface area contributed by atoms with Crippen LogP contribution < -0.4 is 49.1 Å². The van der Waals surface area contributed by atoms with Crippen LogP contribution in [0.15, 0.2) is 41.8 Å². The van der Waals surface area contributed by atoms with E-state index in [0.717, 1.165) is 6.92 Å². The number of amides is 7. The van der Waals surface area contributed by atoms with Crippen LogP contribution in [0.5, 0.6) is 5.75 Å². The van der Waals surface area contributed by atoms with Gasteiger partial charge < -0.3 is 79.4 Å². The number of guanidine groups is 1. The van der Waals surface area contributed by atoms with Crippen molar-refractivity contribution in [1.82, 2.24) is 46.8 Å². The van der Waals surface area contributed by atoms with E-state index in [0.29, 0.717) is 24.1 Å². The number of carboxylic acid groups (broad SMARTS) is 3. The summed E-state index contributed by atoms with van der Waals surface area (Å²) in [5.74, 6) is -10.4. The third kappa shape index (κ3) is 21.0. The van der Waals surface area contributed by atoms with Crippen LogP contribution in [-0.2, 0) is 60.8 Å². The number of aromatic amines is 1. The maximum absolute atomic E-state index is 14.4. The zero-order chi connectivity index (χ0) is 54.2. The van der Waals surface area contributed by atoms with Gasteiger partial charge in [0.25, 0.3) is 5.97 Å². The lowest BCUT2D eigenvalue weighted by Gasteiger charge is -2.31. The molecule has 1 aromatic heterocycles. The molecule has 0 saturated carbocycles. The number of nitrogens with two attached hydrogens (primary N) is 3. The van der Waals surface area contributed by atoms with Crippen molar-refractivity contribution >= 4 is 65.2 Å². The van der Waals surface area contributed by atoms with Crippen LogP contribution in [0.1, 0.15) is 84.4 Å². The summed E-state index contributed by atoms with van der Waals surface area (Å²) >= 11 is 0. The maximum atomic E-state index is 14.4. The second-order valence-corrected chi connectivity index (χ2v) is 17.4. The molecule has 398 valence electrons. The summed E-state index contributed by atoms with van der Waals surface area (Å²) in [6.07, 6.45) is 3.01. The molecular formula is C45H69N13O14. The van der Waals surface area contributed by atoms with Crippen molar-refractivity contribution in [2.24, 2.45) is 34.0 Å². The Balaban J connectivity index is 0.00000427. The molecule has 1 aromatic carbocycles. The van der Waals surface area contributed by atoms with Gasteiger partial charge in [-0.1, -0.05) is 46.2 Å². The number of likely N-dealkylation sites (tertiary alicyclic amines) is 1. The molecule has 0 aliphatic carbocycles. The predicted molar refractivity (Wildman–Crippen MR) is 257 cm³/mol. The zero-order valence-corrected chi connectivity index (χ0v) is 40.9. The first-order valence-corrected chi connectivity index (χ1v) is 23.1. The summed E-state index contributed by atoms with van der Waals surface area (Å²) in [4.78, 5) is 140. The van der Waals surface area contributed by atoms with E-state index >= 15 is 0 Å². The molecule has 1 fully saturated rings. The largest absolute Gasteiger partial charge is 0.508 e. The Hall–Kier alpha value is -7.84. The Morgan fingerprint density at radius 2 is 1.39 bits per heavy atom. The van der Waals surface area contributed by atoms with E-state index in [1.54, 1.807) is 27.7 Å². The van der Waals surface area contributed by atoms with Gasteiger partial charge in [0, 0.05) is 44.7 Å². The van der Waals surface area contributed by atoms with E-state index in [-0.39, 0.29) is 56.9 Å². The van der Waals surface area contributed by atoms with E-state index in [2.05, 4.69) is 46.9 Å². The van der Waals surface area contributed by atoms with Gasteiger partial charge in [-0.05, 0) is 55.2 Å². The van der Waals surface area contributed by atoms with Gasteiger partial charge in [0.15, 0.2) is 5.96 Å². The Morgan fingerprint density at radius 3 is 1.94 bits per heavy atom. The number of aromatic nitrogens is 2. The lowest BCUT2D eigenvalue weighted by atomic mass is 9.96. The summed E-state index contributed by atoms with van der Waals surface area (Å²) in [6, 6.07) is -3.36. The van der Waals surface area contributed by atoms with Crippen molar-refractivity contribution in [3.63, 3.8) is 0 Å². The molecule has 0 bridgehead atoms. The van der Waals surface area contributed by atoms with Gasteiger partial charge in [0.05, 0.1) is 18.8 Å². The number of hydrogen-bond acceptors (Lipinski definition) is 14. The van der Waals surface area contributed by atoms with E-state index in [4.69, 9.17) is 37.3 Å². The molecule has 2 aromatic rings. The average Bonchev–Trinajstić information content (AvgIpc) is 4.02. The topological polar surface area (TPSA) is 446 Å². The van der Waals surface area contributed by atoms with Gasteiger partial charge in [0.1, 0.15) is 48.5 Å². The highest BCUT2D eigenvalue weighted by Crippen LogP contribution is 2.21. The number of aromatic hydroxyl groups is 1. The average molecular weight is 1020 g/mol. The minimum Gasteiger partial charge on any atom is -0.508 e. The number of phenols is 1. The standard InChI is InChI=1S/C43H65N13O12.C2H4O2/c1-5-23(4)35(41(67)53-30(17-25-19-47-21-50-25)42(68)56-15-7-9-31(56)39(65)49-20-33(60)61)55-38(64)29(16-24-10-12-26(57)13-11-24)52-40(66)34(22(2)3)54-37(63)28(8-6-14-48-43(45)46)51-36(62)27(44)18-32(58)59;1-2(3)4/h10-13,19,21-23,27-31,34-35,57H,5-9,14-18,20,44H2,1-4H3,(H,47,50)(H,49,65)(H,51,62)(H,52,66)(H,53,67)(H,54,63)(H,55,64)(H,58,59)(H,60,61)(H4,45,46,48);1H3,(H,3,4). The number of H-pyrrole nitrogens is 1. The summed E-state index contributed by atoms with van der Waals surface area (Å²) in [6.45, 7) is 7.35. The fraction of sp³-hybridized carbons (Fsp3) is 0.556. The number of phenolic OH excluding ortho intramolecular Hbond substituents is 1. The molecule has 8 unspecified atom stereocenters. The van der Waals surface area contributed by atoms with Gasteiger partial charge in [-0.25, -0.2) is 4.98 Å². The van der Waals surface area contributed by atoms with E-state index in [9.17, 15) is 48.3 Å². The van der Waals surface area contributed by atoms with Crippen molar-refractivity contribution in [2.75, 3.05) is 19.6 Å². The third-order valence-electron chi connectivity index (χ3n) is 11.2. The monoisotopic (exact) mass is 1020 g/mol. The van der Waals surface area contributed by atoms with Gasteiger partial charge in [-0.3, -0.25) is 52.9 Å². The van der Waals surface area contributed by atoms with Crippen molar-refractivity contribution < 1.29 is 68.4 Å². The number of carbonyl (C=O) groups excluding carboxylic acids is 7. The third-order valence-corrected chi connectivity index (χ3v) is 11.2. The molecule has 8 atom stereocenters. The number of rotatable bonds is 27. The van der Waals surface area contributed by atoms with Crippen molar-refractivity contribution in [3.05, 3.63) is 48.0 Å². The van der Waals surface area contributed by atoms with E-state index in [1.807, 2.05) is 0 Å². The van der Waals surface area contributed by atoms with Crippen LogP contribution in [0.2, 0.25) is 0 Å². The first-order valence-electron chi connectivity index (χ1n) is 23.1. The first kappa shape index (κ1) is 60.3. The Kier molecular flexibility index (Phi) is 25.1. The number of nitrogens with zero attached hydrogens (tertiary/aromatic N) is 3. The number of aliphatic carboxylic acids is 3. The Morgan fingerprint density at radius 1 is 0.806 bits per heavy atom. The van der Waals surface area contributed by atoms with Crippen molar-refractivity contribution in [3.8, 4) is 5.75 Å². The molecule has 2 heterocycles. The lowest BCUT2D eigenvalue weighted by molar-refractivity contribution is -0.143. The fourth-order valence-electron chi connectivity index (χ4n) is 7.28.